The Bertz CT molecular complexity index is 1160. The normalized spacial score (nSPS) is 11.0. The molecule has 162 valence electrons. The summed E-state index contributed by atoms with van der Waals surface area (Å²) in [6.07, 6.45) is 2.99. The Hall–Kier alpha value is -3.99. The van der Waals surface area contributed by atoms with Gasteiger partial charge in [-0.3, -0.25) is 14.8 Å². The molecule has 31 heavy (non-hydrogen) atoms. The fourth-order valence-electron chi connectivity index (χ4n) is 2.79. The third kappa shape index (κ3) is 4.95. The van der Waals surface area contributed by atoms with Gasteiger partial charge in [0.2, 0.25) is 5.95 Å². The van der Waals surface area contributed by atoms with Gasteiger partial charge in [-0.25, -0.2) is 5.43 Å². The third-order valence-electron chi connectivity index (χ3n) is 4.48. The quantitative estimate of drug-likeness (QED) is 0.306. The summed E-state index contributed by atoms with van der Waals surface area (Å²) in [6, 6.07) is 5.32. The molecule has 2 aromatic heterocycles. The first kappa shape index (κ1) is 21.7. The summed E-state index contributed by atoms with van der Waals surface area (Å²) in [5, 5.41) is 31.3. The second-order valence-corrected chi connectivity index (χ2v) is 6.47. The number of aliphatic hydroxyl groups is 1. The number of pyridine rings is 1. The van der Waals surface area contributed by atoms with E-state index in [1.807, 2.05) is 0 Å². The average Bonchev–Trinajstić information content (AvgIpc) is 2.78. The number of H-pyrrole nitrogens is 1. The van der Waals surface area contributed by atoms with Crippen molar-refractivity contribution in [3.63, 3.8) is 0 Å². The number of hydrogen-bond donors (Lipinski definition) is 4. The van der Waals surface area contributed by atoms with E-state index < -0.39 is 5.56 Å². The lowest BCUT2D eigenvalue weighted by Gasteiger charge is -2.09. The highest BCUT2D eigenvalue weighted by Gasteiger charge is 2.11. The van der Waals surface area contributed by atoms with E-state index >= 15 is 0 Å². The molecule has 4 N–H and O–H groups in total. The number of nitrogens with one attached hydrogen (secondary N) is 2. The van der Waals surface area contributed by atoms with Crippen molar-refractivity contribution in [3.8, 4) is 17.2 Å². The molecular formula is C20H22N6O5. The van der Waals surface area contributed by atoms with Crippen molar-refractivity contribution in [1.82, 2.24) is 20.2 Å². The molecule has 0 saturated heterocycles. The lowest BCUT2D eigenvalue weighted by atomic mass is 10.1. The van der Waals surface area contributed by atoms with Crippen LogP contribution in [0.25, 0.3) is 0 Å². The number of hydrazone groups is 1. The van der Waals surface area contributed by atoms with E-state index in [0.29, 0.717) is 28.3 Å². The average molecular weight is 426 g/mol. The fourth-order valence-corrected chi connectivity index (χ4v) is 2.79. The van der Waals surface area contributed by atoms with Gasteiger partial charge in [0.25, 0.3) is 5.56 Å². The highest BCUT2D eigenvalue weighted by molar-refractivity contribution is 5.86. The highest BCUT2D eigenvalue weighted by atomic mass is 16.5. The predicted octanol–water partition coefficient (Wildman–Crippen LogP) is 1.12. The zero-order valence-corrected chi connectivity index (χ0v) is 17.2. The Morgan fingerprint density at radius 1 is 1.23 bits per heavy atom. The molecule has 3 rings (SSSR count). The van der Waals surface area contributed by atoms with Crippen LogP contribution in [-0.2, 0) is 13.0 Å². The van der Waals surface area contributed by atoms with Gasteiger partial charge in [-0.1, -0.05) is 6.07 Å². The number of aromatic hydroxyl groups is 1. The molecule has 0 saturated carbocycles. The van der Waals surface area contributed by atoms with Crippen molar-refractivity contribution in [3.05, 3.63) is 62.8 Å². The number of aromatic nitrogens is 4. The van der Waals surface area contributed by atoms with Crippen LogP contribution in [0.15, 0.2) is 34.3 Å². The maximum Gasteiger partial charge on any atom is 0.274 e. The zero-order valence-electron chi connectivity index (χ0n) is 17.2. The Balaban J connectivity index is 1.74. The third-order valence-corrected chi connectivity index (χ3v) is 4.48. The van der Waals surface area contributed by atoms with Crippen LogP contribution >= 0.6 is 0 Å². The first-order valence-corrected chi connectivity index (χ1v) is 9.21. The van der Waals surface area contributed by atoms with Crippen molar-refractivity contribution in [1.29, 1.82) is 0 Å². The molecular weight excluding hydrogens is 404 g/mol. The first-order valence-electron chi connectivity index (χ1n) is 9.21. The molecule has 0 amide bonds. The number of rotatable bonds is 8. The molecule has 0 spiro atoms. The van der Waals surface area contributed by atoms with Crippen molar-refractivity contribution < 1.29 is 19.7 Å². The first-order chi connectivity index (χ1) is 15.0. The van der Waals surface area contributed by atoms with Gasteiger partial charge in [0.05, 0.1) is 32.7 Å². The molecule has 0 radical (unpaired) electrons. The van der Waals surface area contributed by atoms with Gasteiger partial charge in [-0.2, -0.15) is 5.10 Å². The summed E-state index contributed by atoms with van der Waals surface area (Å²) in [6.45, 7) is 1.31. The van der Waals surface area contributed by atoms with Crippen LogP contribution in [0.1, 0.15) is 28.1 Å². The minimum absolute atomic E-state index is 0.0214. The molecule has 11 heteroatoms. The smallest absolute Gasteiger partial charge is 0.274 e. The van der Waals surface area contributed by atoms with Crippen molar-refractivity contribution in [2.45, 2.75) is 20.0 Å². The molecule has 2 heterocycles. The van der Waals surface area contributed by atoms with Crippen LogP contribution in [0, 0.1) is 6.92 Å². The number of aliphatic hydroxyl groups excluding tert-OH is 1. The molecule has 0 bridgehead atoms. The number of aryl methyl sites for hydroxylation is 1. The summed E-state index contributed by atoms with van der Waals surface area (Å²) in [5.74, 6) is 1.06. The van der Waals surface area contributed by atoms with Crippen LogP contribution in [0.2, 0.25) is 0 Å². The number of anilines is 1. The summed E-state index contributed by atoms with van der Waals surface area (Å²) in [7, 11) is 3.08. The number of methoxy groups -OCH3 is 2. The van der Waals surface area contributed by atoms with E-state index in [-0.39, 0.29) is 30.4 Å². The number of aromatic amines is 1. The number of benzene rings is 1. The minimum atomic E-state index is -0.430. The monoisotopic (exact) mass is 426 g/mol. The second kappa shape index (κ2) is 9.67. The maximum absolute atomic E-state index is 12.4. The molecule has 0 aliphatic carbocycles. The van der Waals surface area contributed by atoms with Gasteiger partial charge in [0, 0.05) is 23.7 Å². The Kier molecular flexibility index (Phi) is 6.78. The van der Waals surface area contributed by atoms with E-state index in [4.69, 9.17) is 9.47 Å². The van der Waals surface area contributed by atoms with Gasteiger partial charge in [0.15, 0.2) is 11.5 Å². The van der Waals surface area contributed by atoms with Crippen molar-refractivity contribution in [2.75, 3.05) is 19.6 Å². The SMILES string of the molecule is COc1ccc(Cc2nnc(N/N=C/c3c(CO)cnc(C)c3O)[nH]c2=O)cc1OC. The van der Waals surface area contributed by atoms with Gasteiger partial charge in [-0.05, 0) is 24.6 Å². The highest BCUT2D eigenvalue weighted by Crippen LogP contribution is 2.28. The van der Waals surface area contributed by atoms with Gasteiger partial charge in [0.1, 0.15) is 11.4 Å². The largest absolute Gasteiger partial charge is 0.505 e. The van der Waals surface area contributed by atoms with Crippen LogP contribution in [-0.4, -0.2) is 50.8 Å². The van der Waals surface area contributed by atoms with E-state index in [2.05, 4.69) is 30.7 Å². The maximum atomic E-state index is 12.4. The van der Waals surface area contributed by atoms with E-state index in [1.165, 1.54) is 19.5 Å². The topological polar surface area (TPSA) is 155 Å². The Morgan fingerprint density at radius 3 is 2.68 bits per heavy atom. The second-order valence-electron chi connectivity index (χ2n) is 6.47. The van der Waals surface area contributed by atoms with E-state index in [9.17, 15) is 15.0 Å². The number of ether oxygens (including phenoxy) is 2. The van der Waals surface area contributed by atoms with Crippen LogP contribution in [0.4, 0.5) is 5.95 Å². The standard InChI is InChI=1S/C20H22N6O5/c1-11-18(28)14(13(10-27)8-21-11)9-22-25-20-23-19(29)15(24-26-20)6-12-4-5-16(30-2)17(7-12)31-3/h4-5,7-9,27-28H,6,10H2,1-3H3,(H2,23,25,26,29)/b22-9+. The Morgan fingerprint density at radius 2 is 2.00 bits per heavy atom. The predicted molar refractivity (Wildman–Crippen MR) is 113 cm³/mol. The Labute approximate surface area is 177 Å². The molecule has 0 unspecified atom stereocenters. The molecule has 0 fully saturated rings. The minimum Gasteiger partial charge on any atom is -0.505 e. The summed E-state index contributed by atoms with van der Waals surface area (Å²) >= 11 is 0. The summed E-state index contributed by atoms with van der Waals surface area (Å²) < 4.78 is 10.5. The van der Waals surface area contributed by atoms with Crippen molar-refractivity contribution >= 4 is 12.2 Å². The van der Waals surface area contributed by atoms with Crippen LogP contribution in [0.5, 0.6) is 17.2 Å². The molecule has 0 aliphatic heterocycles. The lowest BCUT2D eigenvalue weighted by Crippen LogP contribution is -2.18. The summed E-state index contributed by atoms with van der Waals surface area (Å²) in [5.41, 5.74) is 4.24. The molecule has 1 aromatic carbocycles. The summed E-state index contributed by atoms with van der Waals surface area (Å²) in [4.78, 5) is 18.9. The van der Waals surface area contributed by atoms with Gasteiger partial charge < -0.3 is 19.7 Å². The molecule has 0 atom stereocenters. The molecule has 11 nitrogen and oxygen atoms in total. The zero-order chi connectivity index (χ0) is 22.4. The molecule has 3 aromatic rings. The lowest BCUT2D eigenvalue weighted by molar-refractivity contribution is 0.280. The fraction of sp³-hybridized carbons (Fsp3) is 0.250. The van der Waals surface area contributed by atoms with Gasteiger partial charge >= 0.3 is 0 Å². The van der Waals surface area contributed by atoms with E-state index in [0.717, 1.165) is 5.56 Å². The van der Waals surface area contributed by atoms with E-state index in [1.54, 1.807) is 32.2 Å². The van der Waals surface area contributed by atoms with Crippen LogP contribution < -0.4 is 20.5 Å². The number of nitrogens with zero attached hydrogens (tertiary/aromatic N) is 4. The van der Waals surface area contributed by atoms with Gasteiger partial charge in [-0.15, -0.1) is 10.2 Å². The molecule has 0 aliphatic rings. The van der Waals surface area contributed by atoms with Crippen LogP contribution in [0.3, 0.4) is 0 Å². The van der Waals surface area contributed by atoms with Crippen molar-refractivity contribution in [2.24, 2.45) is 5.10 Å². The number of hydrogen-bond acceptors (Lipinski definition) is 10.